The van der Waals surface area contributed by atoms with E-state index in [-0.39, 0.29) is 5.56 Å². The first-order valence-electron chi connectivity index (χ1n) is 3.73. The number of benzene rings is 1. The van der Waals surface area contributed by atoms with Crippen LogP contribution < -0.4 is 0 Å². The molecule has 0 saturated heterocycles. The second-order valence-corrected chi connectivity index (χ2v) is 2.60. The van der Waals surface area contributed by atoms with Crippen molar-refractivity contribution in [2.45, 2.75) is 12.5 Å². The molecule has 0 aliphatic heterocycles. The normalized spacial score (nSPS) is 12.9. The summed E-state index contributed by atoms with van der Waals surface area (Å²) in [5.41, 5.74) is -0.868. The SMILES string of the molecule is O=[N+]([O-])c1ccccc1[C@@H](O)C(F)F. The Morgan fingerprint density at radius 3 is 2.43 bits per heavy atom. The van der Waals surface area contributed by atoms with Gasteiger partial charge in [-0.1, -0.05) is 12.1 Å². The third-order valence-corrected chi connectivity index (χ3v) is 1.69. The van der Waals surface area contributed by atoms with Crippen molar-refractivity contribution in [2.24, 2.45) is 0 Å². The van der Waals surface area contributed by atoms with Crippen molar-refractivity contribution in [1.82, 2.24) is 0 Å². The topological polar surface area (TPSA) is 63.4 Å². The molecule has 4 nitrogen and oxygen atoms in total. The van der Waals surface area contributed by atoms with Crippen molar-refractivity contribution in [2.75, 3.05) is 0 Å². The molecule has 1 aromatic rings. The average molecular weight is 203 g/mol. The molecular weight excluding hydrogens is 196 g/mol. The molecule has 0 heterocycles. The van der Waals surface area contributed by atoms with Gasteiger partial charge in [-0.25, -0.2) is 8.78 Å². The molecule has 0 amide bonds. The number of nitrogens with zero attached hydrogens (tertiary/aromatic N) is 1. The van der Waals surface area contributed by atoms with Gasteiger partial charge in [0.2, 0.25) is 0 Å². The highest BCUT2D eigenvalue weighted by Crippen LogP contribution is 2.28. The van der Waals surface area contributed by atoms with Gasteiger partial charge in [0.15, 0.2) is 0 Å². The Kier molecular flexibility index (Phi) is 3.08. The predicted octanol–water partition coefficient (Wildman–Crippen LogP) is 1.89. The van der Waals surface area contributed by atoms with Crippen molar-refractivity contribution in [3.63, 3.8) is 0 Å². The Labute approximate surface area is 77.9 Å². The summed E-state index contributed by atoms with van der Waals surface area (Å²) in [5, 5.41) is 19.4. The number of para-hydroxylation sites is 1. The minimum atomic E-state index is -3.03. The van der Waals surface area contributed by atoms with E-state index < -0.39 is 23.1 Å². The van der Waals surface area contributed by atoms with Crippen molar-refractivity contribution < 1.29 is 18.8 Å². The average Bonchev–Trinajstić information content (AvgIpc) is 2.16. The zero-order chi connectivity index (χ0) is 10.7. The van der Waals surface area contributed by atoms with E-state index in [2.05, 4.69) is 0 Å². The maximum absolute atomic E-state index is 12.1. The van der Waals surface area contributed by atoms with Crippen LogP contribution in [-0.2, 0) is 0 Å². The van der Waals surface area contributed by atoms with Crippen molar-refractivity contribution in [3.8, 4) is 0 Å². The minimum absolute atomic E-state index is 0.368. The van der Waals surface area contributed by atoms with E-state index in [1.807, 2.05) is 0 Å². The van der Waals surface area contributed by atoms with Gasteiger partial charge in [0.25, 0.3) is 12.1 Å². The van der Waals surface area contributed by atoms with Gasteiger partial charge in [-0.15, -0.1) is 0 Å². The molecule has 0 aromatic heterocycles. The quantitative estimate of drug-likeness (QED) is 0.602. The van der Waals surface area contributed by atoms with Crippen molar-refractivity contribution in [1.29, 1.82) is 0 Å². The summed E-state index contributed by atoms with van der Waals surface area (Å²) in [6.07, 6.45) is -5.15. The zero-order valence-electron chi connectivity index (χ0n) is 6.93. The van der Waals surface area contributed by atoms with Gasteiger partial charge < -0.3 is 5.11 Å². The second-order valence-electron chi connectivity index (χ2n) is 2.60. The van der Waals surface area contributed by atoms with Gasteiger partial charge in [0, 0.05) is 6.07 Å². The number of hydrogen-bond donors (Lipinski definition) is 1. The van der Waals surface area contributed by atoms with Crippen LogP contribution in [0.25, 0.3) is 0 Å². The summed E-state index contributed by atoms with van der Waals surface area (Å²) >= 11 is 0. The molecule has 0 saturated carbocycles. The Balaban J connectivity index is 3.13. The predicted molar refractivity (Wildman–Crippen MR) is 44.1 cm³/mol. The van der Waals surface area contributed by atoms with Gasteiger partial charge in [0.1, 0.15) is 6.10 Å². The Morgan fingerprint density at radius 2 is 1.93 bits per heavy atom. The maximum Gasteiger partial charge on any atom is 0.275 e. The van der Waals surface area contributed by atoms with E-state index in [4.69, 9.17) is 5.11 Å². The number of nitro groups is 1. The minimum Gasteiger partial charge on any atom is -0.382 e. The lowest BCUT2D eigenvalue weighted by molar-refractivity contribution is -0.386. The third kappa shape index (κ3) is 2.02. The highest BCUT2D eigenvalue weighted by atomic mass is 19.3. The molecule has 1 N–H and O–H groups in total. The second kappa shape index (κ2) is 4.10. The molecule has 0 unspecified atom stereocenters. The fourth-order valence-electron chi connectivity index (χ4n) is 1.04. The number of halogens is 2. The first-order chi connectivity index (χ1) is 6.54. The first-order valence-corrected chi connectivity index (χ1v) is 3.73. The summed E-state index contributed by atoms with van der Waals surface area (Å²) in [7, 11) is 0. The van der Waals surface area contributed by atoms with Gasteiger partial charge >= 0.3 is 0 Å². The van der Waals surface area contributed by atoms with Crippen molar-refractivity contribution in [3.05, 3.63) is 39.9 Å². The van der Waals surface area contributed by atoms with Crippen LogP contribution in [-0.4, -0.2) is 16.5 Å². The van der Waals surface area contributed by atoms with Crippen molar-refractivity contribution >= 4 is 5.69 Å². The fraction of sp³-hybridized carbons (Fsp3) is 0.250. The van der Waals surface area contributed by atoms with Gasteiger partial charge in [-0.05, 0) is 6.07 Å². The molecule has 0 fully saturated rings. The Bertz CT molecular complexity index is 343. The number of aliphatic hydroxyl groups excluding tert-OH is 1. The summed E-state index contributed by atoms with van der Waals surface area (Å²) in [4.78, 5) is 9.59. The molecule has 1 aromatic carbocycles. The molecule has 0 aliphatic carbocycles. The van der Waals surface area contributed by atoms with Gasteiger partial charge in [-0.3, -0.25) is 10.1 Å². The number of nitro benzene ring substituents is 1. The van der Waals surface area contributed by atoms with E-state index in [1.54, 1.807) is 0 Å². The first kappa shape index (κ1) is 10.5. The Morgan fingerprint density at radius 1 is 1.36 bits per heavy atom. The summed E-state index contributed by atoms with van der Waals surface area (Å²) < 4.78 is 24.2. The van der Waals surface area contributed by atoms with Crippen LogP contribution >= 0.6 is 0 Å². The number of hydrogen-bond acceptors (Lipinski definition) is 3. The van der Waals surface area contributed by atoms with E-state index in [0.717, 1.165) is 12.1 Å². The zero-order valence-corrected chi connectivity index (χ0v) is 6.93. The monoisotopic (exact) mass is 203 g/mol. The molecule has 6 heteroatoms. The lowest BCUT2D eigenvalue weighted by Crippen LogP contribution is -2.10. The van der Waals surface area contributed by atoms with E-state index in [1.165, 1.54) is 12.1 Å². The molecule has 1 rings (SSSR count). The summed E-state index contributed by atoms with van der Waals surface area (Å²) in [6.45, 7) is 0. The largest absolute Gasteiger partial charge is 0.382 e. The molecule has 0 aliphatic rings. The lowest BCUT2D eigenvalue weighted by Gasteiger charge is -2.09. The highest BCUT2D eigenvalue weighted by Gasteiger charge is 2.26. The highest BCUT2D eigenvalue weighted by molar-refractivity contribution is 5.41. The van der Waals surface area contributed by atoms with E-state index in [0.29, 0.717) is 0 Å². The van der Waals surface area contributed by atoms with Gasteiger partial charge in [0.05, 0.1) is 10.5 Å². The molecule has 14 heavy (non-hydrogen) atoms. The van der Waals surface area contributed by atoms with Crippen LogP contribution in [0.4, 0.5) is 14.5 Å². The van der Waals surface area contributed by atoms with Crippen LogP contribution in [0.5, 0.6) is 0 Å². The van der Waals surface area contributed by atoms with Crippen LogP contribution in [0, 0.1) is 10.1 Å². The van der Waals surface area contributed by atoms with Gasteiger partial charge in [-0.2, -0.15) is 0 Å². The van der Waals surface area contributed by atoms with E-state index >= 15 is 0 Å². The summed E-state index contributed by atoms with van der Waals surface area (Å²) in [6, 6.07) is 4.88. The third-order valence-electron chi connectivity index (χ3n) is 1.69. The van der Waals surface area contributed by atoms with Crippen LogP contribution in [0.2, 0.25) is 0 Å². The standard InChI is InChI=1S/C8H7F2NO3/c9-8(10)7(12)5-3-1-2-4-6(5)11(13)14/h1-4,7-8,12H/t7-/m1/s1. The lowest BCUT2D eigenvalue weighted by atomic mass is 10.1. The number of aliphatic hydroxyl groups is 1. The fourth-order valence-corrected chi connectivity index (χ4v) is 1.04. The smallest absolute Gasteiger partial charge is 0.275 e. The van der Waals surface area contributed by atoms with Crippen LogP contribution in [0.3, 0.4) is 0 Å². The Hall–Kier alpha value is -1.56. The molecule has 0 radical (unpaired) electrons. The molecule has 76 valence electrons. The number of alkyl halides is 2. The maximum atomic E-state index is 12.1. The molecule has 0 spiro atoms. The molecular formula is C8H7F2NO3. The molecule has 1 atom stereocenters. The van der Waals surface area contributed by atoms with Crippen LogP contribution in [0.15, 0.2) is 24.3 Å². The van der Waals surface area contributed by atoms with Crippen LogP contribution in [0.1, 0.15) is 11.7 Å². The summed E-state index contributed by atoms with van der Waals surface area (Å²) in [5.74, 6) is 0. The molecule has 0 bridgehead atoms. The number of rotatable bonds is 3. The van der Waals surface area contributed by atoms with E-state index in [9.17, 15) is 18.9 Å².